The second kappa shape index (κ2) is 9.93. The first-order valence-corrected chi connectivity index (χ1v) is 14.2. The van der Waals surface area contributed by atoms with E-state index in [1.54, 1.807) is 36.1 Å². The number of aryl methyl sites for hydroxylation is 1. The van der Waals surface area contributed by atoms with Crippen molar-refractivity contribution in [3.8, 4) is 0 Å². The number of anilines is 1. The molecule has 8 nitrogen and oxygen atoms in total. The molecular weight excluding hydrogens is 618 g/mol. The topological polar surface area (TPSA) is 98.1 Å². The van der Waals surface area contributed by atoms with Crippen molar-refractivity contribution in [2.45, 2.75) is 17.6 Å². The van der Waals surface area contributed by atoms with Crippen LogP contribution in [0.1, 0.15) is 21.5 Å². The molecule has 1 amide bonds. The third-order valence-corrected chi connectivity index (χ3v) is 7.94. The fraction of sp³-hybridized carbons (Fsp3) is 0.154. The number of rotatable bonds is 5. The summed E-state index contributed by atoms with van der Waals surface area (Å²) in [4.78, 5) is 22.3. The van der Waals surface area contributed by atoms with Crippen molar-refractivity contribution in [1.82, 2.24) is 19.7 Å². The van der Waals surface area contributed by atoms with Crippen molar-refractivity contribution in [2.24, 2.45) is 7.05 Å². The first-order chi connectivity index (χ1) is 18.7. The molecule has 0 atom stereocenters. The van der Waals surface area contributed by atoms with E-state index < -0.39 is 43.8 Å². The number of carbonyl (C=O) groups excluding carboxylic acids is 1. The van der Waals surface area contributed by atoms with E-state index in [1.165, 1.54) is 0 Å². The van der Waals surface area contributed by atoms with Crippen LogP contribution in [0.3, 0.4) is 0 Å². The summed E-state index contributed by atoms with van der Waals surface area (Å²) in [6, 6.07) is 8.55. The van der Waals surface area contributed by atoms with E-state index in [9.17, 15) is 30.8 Å². The smallest absolute Gasteiger partial charge is 0.303 e. The van der Waals surface area contributed by atoms with Crippen LogP contribution in [0, 0.1) is 5.82 Å². The van der Waals surface area contributed by atoms with Crippen LogP contribution in [0.15, 0.2) is 70.6 Å². The summed E-state index contributed by atoms with van der Waals surface area (Å²) in [5.41, 5.74) is 0.00556. The molecule has 0 spiro atoms. The molecule has 0 aliphatic carbocycles. The number of pyridine rings is 2. The molecule has 0 saturated carbocycles. The Bertz CT molecular complexity index is 1930. The van der Waals surface area contributed by atoms with E-state index in [1.807, 2.05) is 0 Å². The molecule has 5 rings (SSSR count). The van der Waals surface area contributed by atoms with E-state index in [0.717, 1.165) is 51.8 Å². The van der Waals surface area contributed by atoms with Crippen molar-refractivity contribution in [3.05, 3.63) is 88.2 Å². The molecule has 5 aromatic rings. The predicted molar refractivity (Wildman–Crippen MR) is 143 cm³/mol. The van der Waals surface area contributed by atoms with Gasteiger partial charge in [-0.15, -0.1) is 0 Å². The summed E-state index contributed by atoms with van der Waals surface area (Å²) < 4.78 is 81.5. The van der Waals surface area contributed by atoms with Gasteiger partial charge in [-0.3, -0.25) is 14.5 Å². The minimum absolute atomic E-state index is 0.206. The molecule has 0 aliphatic heterocycles. The highest BCUT2D eigenvalue weighted by Crippen LogP contribution is 2.33. The Hall–Kier alpha value is -3.91. The summed E-state index contributed by atoms with van der Waals surface area (Å²) in [5.74, 6) is -1.83. The monoisotopic (exact) mass is 635 g/mol. The third kappa shape index (κ3) is 5.16. The van der Waals surface area contributed by atoms with Crippen LogP contribution in [0.25, 0.3) is 21.8 Å². The quantitative estimate of drug-likeness (QED) is 0.182. The molecular formula is C26H18BrF4N5O3S. The zero-order valence-corrected chi connectivity index (χ0v) is 23.1. The van der Waals surface area contributed by atoms with E-state index >= 15 is 0 Å². The Balaban J connectivity index is 1.67. The zero-order chi connectivity index (χ0) is 29.0. The lowest BCUT2D eigenvalue weighted by molar-refractivity contribution is -0.137. The number of hydrogen-bond acceptors (Lipinski definition) is 6. The van der Waals surface area contributed by atoms with Crippen LogP contribution >= 0.6 is 15.9 Å². The van der Waals surface area contributed by atoms with Gasteiger partial charge < -0.3 is 4.90 Å². The van der Waals surface area contributed by atoms with Crippen molar-refractivity contribution in [2.75, 3.05) is 11.2 Å². The van der Waals surface area contributed by atoms with Gasteiger partial charge in [0.25, 0.3) is 5.91 Å². The van der Waals surface area contributed by atoms with Crippen LogP contribution < -0.4 is 4.90 Å². The van der Waals surface area contributed by atoms with Gasteiger partial charge in [0.2, 0.25) is 0 Å². The maximum absolute atomic E-state index is 14.1. The number of alkyl halides is 3. The average Bonchev–Trinajstić information content (AvgIpc) is 3.28. The standard InChI is InChI=1S/C26H18BrF4N5O3S/c1-35-23-18-5-3-14(7-20(18)34-24(27)19(23)12-33-35)13-36(21-6-4-17(28)9-22(21)40(2,38)39)25(37)15-8-16(11-32-10-15)26(29,30)31/h3-12H,13H2,1-2H3. The number of amides is 1. The van der Waals surface area contributed by atoms with E-state index in [0.29, 0.717) is 27.9 Å². The van der Waals surface area contributed by atoms with Gasteiger partial charge in [-0.05, 0) is 51.8 Å². The van der Waals surface area contributed by atoms with Crippen LogP contribution in [-0.2, 0) is 29.6 Å². The van der Waals surface area contributed by atoms with Crippen molar-refractivity contribution < 1.29 is 30.8 Å². The lowest BCUT2D eigenvalue weighted by atomic mass is 10.1. The summed E-state index contributed by atoms with van der Waals surface area (Å²) >= 11 is 3.43. The summed E-state index contributed by atoms with van der Waals surface area (Å²) in [6.07, 6.45) is -0.739. The molecule has 206 valence electrons. The second-order valence-electron chi connectivity index (χ2n) is 9.02. The first-order valence-electron chi connectivity index (χ1n) is 11.5. The number of hydrogen-bond donors (Lipinski definition) is 0. The zero-order valence-electron chi connectivity index (χ0n) is 20.7. The van der Waals surface area contributed by atoms with Gasteiger partial charge in [-0.1, -0.05) is 12.1 Å². The molecule has 0 aliphatic rings. The highest BCUT2D eigenvalue weighted by Gasteiger charge is 2.33. The van der Waals surface area contributed by atoms with Gasteiger partial charge in [-0.25, -0.2) is 17.8 Å². The first kappa shape index (κ1) is 27.6. The van der Waals surface area contributed by atoms with Crippen molar-refractivity contribution >= 4 is 59.2 Å². The highest BCUT2D eigenvalue weighted by atomic mass is 79.9. The summed E-state index contributed by atoms with van der Waals surface area (Å²) in [5, 5.41) is 5.79. The lowest BCUT2D eigenvalue weighted by Crippen LogP contribution is -2.32. The van der Waals surface area contributed by atoms with Crippen LogP contribution in [0.5, 0.6) is 0 Å². The number of carbonyl (C=O) groups is 1. The van der Waals surface area contributed by atoms with Gasteiger partial charge in [0.15, 0.2) is 9.84 Å². The Morgan fingerprint density at radius 1 is 1.05 bits per heavy atom. The van der Waals surface area contributed by atoms with E-state index in [2.05, 4.69) is 31.0 Å². The number of fused-ring (bicyclic) bond motifs is 3. The maximum atomic E-state index is 14.1. The predicted octanol–water partition coefficient (Wildman–Crippen LogP) is 5.69. The van der Waals surface area contributed by atoms with Crippen molar-refractivity contribution in [1.29, 1.82) is 0 Å². The minimum atomic E-state index is -4.77. The lowest BCUT2D eigenvalue weighted by Gasteiger charge is -2.25. The molecule has 3 aromatic heterocycles. The molecule has 0 unspecified atom stereocenters. The fourth-order valence-corrected chi connectivity index (χ4v) is 5.73. The van der Waals surface area contributed by atoms with Gasteiger partial charge in [0, 0.05) is 31.1 Å². The largest absolute Gasteiger partial charge is 0.417 e. The molecule has 14 heteroatoms. The van der Waals surface area contributed by atoms with E-state index in [-0.39, 0.29) is 12.2 Å². The molecule has 0 fully saturated rings. The minimum Gasteiger partial charge on any atom is -0.303 e. The fourth-order valence-electron chi connectivity index (χ4n) is 4.37. The summed E-state index contributed by atoms with van der Waals surface area (Å²) in [7, 11) is -2.29. The summed E-state index contributed by atoms with van der Waals surface area (Å²) in [6.45, 7) is -0.276. The number of halogens is 5. The van der Waals surface area contributed by atoms with Crippen molar-refractivity contribution in [3.63, 3.8) is 0 Å². The molecule has 0 bridgehead atoms. The Morgan fingerprint density at radius 2 is 1.80 bits per heavy atom. The molecule has 2 aromatic carbocycles. The van der Waals surface area contributed by atoms with Crippen LogP contribution in [0.2, 0.25) is 0 Å². The van der Waals surface area contributed by atoms with Crippen LogP contribution in [-0.4, -0.2) is 40.3 Å². The van der Waals surface area contributed by atoms with Gasteiger partial charge in [0.05, 0.1) is 50.9 Å². The molecule has 0 saturated heterocycles. The molecule has 0 N–H and O–H groups in total. The van der Waals surface area contributed by atoms with Crippen LogP contribution in [0.4, 0.5) is 23.2 Å². The normalized spacial score (nSPS) is 12.3. The Morgan fingerprint density at radius 3 is 2.50 bits per heavy atom. The average molecular weight is 636 g/mol. The molecule has 3 heterocycles. The Labute approximate surface area is 233 Å². The number of nitrogens with zero attached hydrogens (tertiary/aromatic N) is 5. The molecule has 0 radical (unpaired) electrons. The number of aromatic nitrogens is 4. The number of benzene rings is 2. The van der Waals surface area contributed by atoms with Gasteiger partial charge in [-0.2, -0.15) is 18.3 Å². The third-order valence-electron chi connectivity index (χ3n) is 6.21. The molecule has 40 heavy (non-hydrogen) atoms. The van der Waals surface area contributed by atoms with Gasteiger partial charge in [0.1, 0.15) is 10.4 Å². The highest BCUT2D eigenvalue weighted by molar-refractivity contribution is 9.10. The van der Waals surface area contributed by atoms with Gasteiger partial charge >= 0.3 is 6.18 Å². The second-order valence-corrected chi connectivity index (χ2v) is 11.8. The van der Waals surface area contributed by atoms with E-state index in [4.69, 9.17) is 0 Å². The number of sulfone groups is 1. The SMILES string of the molecule is Cn1ncc2c(Br)nc3cc(CN(C(=O)c4cncc(C(F)(F)F)c4)c4ccc(F)cc4S(C)(=O)=O)ccc3c21. The maximum Gasteiger partial charge on any atom is 0.417 e. The Kier molecular flexibility index (Phi) is 6.86.